The summed E-state index contributed by atoms with van der Waals surface area (Å²) in [4.78, 5) is 3.80. The van der Waals surface area contributed by atoms with Crippen molar-refractivity contribution in [1.82, 2.24) is 4.98 Å². The summed E-state index contributed by atoms with van der Waals surface area (Å²) in [6, 6.07) is 2.78. The first-order chi connectivity index (χ1) is 4.88. The zero-order valence-electron chi connectivity index (χ0n) is 6.92. The average molecular weight is 145 g/mol. The zero-order chi connectivity index (χ0) is 7.40. The molecule has 0 aromatic carbocycles. The van der Waals surface area contributed by atoms with E-state index in [2.05, 4.69) is 11.1 Å². The van der Waals surface area contributed by atoms with Gasteiger partial charge in [-0.25, -0.2) is 0 Å². The maximum absolute atomic E-state index is 4.92. The predicted octanol–water partition coefficient (Wildman–Crippen LogP) is -2.10. The Kier molecular flexibility index (Phi) is 4.76. The summed E-state index contributed by atoms with van der Waals surface area (Å²) < 4.78 is 9.83. The van der Waals surface area contributed by atoms with Gasteiger partial charge < -0.3 is 14.5 Å². The van der Waals surface area contributed by atoms with Crippen LogP contribution < -0.4 is 28.3 Å². The van der Waals surface area contributed by atoms with E-state index in [0.717, 1.165) is 0 Å². The van der Waals surface area contributed by atoms with Crippen LogP contribution in [0.5, 0.6) is 11.5 Å². The van der Waals surface area contributed by atoms with Crippen molar-refractivity contribution in [2.45, 2.75) is 0 Å². The molecule has 4 heteroatoms. The van der Waals surface area contributed by atoms with Crippen LogP contribution in [0.15, 0.2) is 12.4 Å². The maximum atomic E-state index is 4.92. The van der Waals surface area contributed by atoms with Crippen molar-refractivity contribution in [1.29, 1.82) is 0 Å². The Morgan fingerprint density at radius 1 is 1.36 bits per heavy atom. The van der Waals surface area contributed by atoms with Crippen molar-refractivity contribution >= 4 is 0 Å². The minimum Gasteiger partial charge on any atom is -0.576 e. The van der Waals surface area contributed by atoms with E-state index in [1.165, 1.54) is 6.20 Å². The molecule has 1 rings (SSSR count). The summed E-state index contributed by atoms with van der Waals surface area (Å²) in [6.07, 6.45) is 3.11. The van der Waals surface area contributed by atoms with Crippen molar-refractivity contribution in [2.24, 2.45) is 0 Å². The summed E-state index contributed by atoms with van der Waals surface area (Å²) in [7, 11) is 3.13. The molecule has 54 valence electrons. The first-order valence-electron chi connectivity index (χ1n) is 2.82. The van der Waals surface area contributed by atoms with Crippen LogP contribution in [0, 0.1) is 6.07 Å². The molecule has 0 aliphatic carbocycles. The van der Waals surface area contributed by atoms with Crippen molar-refractivity contribution in [3.05, 3.63) is 18.5 Å². The second-order valence-corrected chi connectivity index (χ2v) is 1.65. The minimum absolute atomic E-state index is 0. The van der Waals surface area contributed by atoms with Gasteiger partial charge in [0.05, 0.1) is 14.2 Å². The van der Waals surface area contributed by atoms with E-state index >= 15 is 0 Å². The van der Waals surface area contributed by atoms with E-state index in [-0.39, 0.29) is 18.9 Å². The third kappa shape index (κ3) is 2.45. The van der Waals surface area contributed by atoms with Gasteiger partial charge in [-0.2, -0.15) is 6.07 Å². The maximum Gasteiger partial charge on any atom is 1.00 e. The molecular formula is C7H8LiNO2. The fourth-order valence-electron chi connectivity index (χ4n) is 0.636. The Balaban J connectivity index is 0.000001000. The number of hydrogen-bond acceptors (Lipinski definition) is 3. The zero-order valence-corrected chi connectivity index (χ0v) is 6.92. The average Bonchev–Trinajstić information content (AvgIpc) is 2.04. The molecule has 0 bridgehead atoms. The van der Waals surface area contributed by atoms with Crippen LogP contribution in [0.3, 0.4) is 0 Å². The molecule has 0 saturated heterocycles. The summed E-state index contributed by atoms with van der Waals surface area (Å²) in [5.74, 6) is 1.18. The molecule has 0 spiro atoms. The third-order valence-electron chi connectivity index (χ3n) is 1.11. The summed E-state index contributed by atoms with van der Waals surface area (Å²) >= 11 is 0. The SMILES string of the molecule is COc1[c-]cncc1OC.[Li+]. The number of nitrogens with zero attached hydrogens (tertiary/aromatic N) is 1. The van der Waals surface area contributed by atoms with Gasteiger partial charge in [-0.05, 0) is 11.9 Å². The Morgan fingerprint density at radius 2 is 2.09 bits per heavy atom. The van der Waals surface area contributed by atoms with Crippen molar-refractivity contribution in [3.63, 3.8) is 0 Å². The quantitative estimate of drug-likeness (QED) is 0.353. The number of methoxy groups -OCH3 is 2. The Morgan fingerprint density at radius 3 is 2.55 bits per heavy atom. The fourth-order valence-corrected chi connectivity index (χ4v) is 0.636. The van der Waals surface area contributed by atoms with E-state index in [0.29, 0.717) is 11.5 Å². The van der Waals surface area contributed by atoms with Crippen LogP contribution in [0.25, 0.3) is 0 Å². The third-order valence-corrected chi connectivity index (χ3v) is 1.11. The molecule has 0 atom stereocenters. The van der Waals surface area contributed by atoms with Gasteiger partial charge in [0.15, 0.2) is 0 Å². The molecule has 0 amide bonds. The topological polar surface area (TPSA) is 31.4 Å². The molecule has 0 fully saturated rings. The predicted molar refractivity (Wildman–Crippen MR) is 36.2 cm³/mol. The molecule has 0 aliphatic rings. The van der Waals surface area contributed by atoms with Crippen LogP contribution in [0.1, 0.15) is 0 Å². The number of hydrogen-bond donors (Lipinski definition) is 0. The minimum atomic E-state index is 0. The molecule has 3 nitrogen and oxygen atoms in total. The Bertz CT molecular complexity index is 194. The van der Waals surface area contributed by atoms with Gasteiger partial charge in [-0.3, -0.25) is 0 Å². The van der Waals surface area contributed by atoms with Crippen LogP contribution in [-0.2, 0) is 0 Å². The molecule has 0 N–H and O–H groups in total. The largest absolute Gasteiger partial charge is 1.00 e. The monoisotopic (exact) mass is 145 g/mol. The van der Waals surface area contributed by atoms with Crippen molar-refractivity contribution in [3.8, 4) is 11.5 Å². The van der Waals surface area contributed by atoms with Crippen LogP contribution in [0.4, 0.5) is 0 Å². The van der Waals surface area contributed by atoms with E-state index in [1.54, 1.807) is 20.4 Å². The van der Waals surface area contributed by atoms with Crippen LogP contribution in [-0.4, -0.2) is 19.2 Å². The van der Waals surface area contributed by atoms with Crippen LogP contribution in [0.2, 0.25) is 0 Å². The number of rotatable bonds is 2. The number of aromatic nitrogens is 1. The van der Waals surface area contributed by atoms with E-state index in [9.17, 15) is 0 Å². The van der Waals surface area contributed by atoms with E-state index in [4.69, 9.17) is 9.47 Å². The van der Waals surface area contributed by atoms with Crippen molar-refractivity contribution in [2.75, 3.05) is 14.2 Å². The second kappa shape index (κ2) is 5.06. The van der Waals surface area contributed by atoms with Gasteiger partial charge in [0.25, 0.3) is 0 Å². The molecule has 1 aromatic rings. The Hall–Kier alpha value is -0.653. The first-order valence-corrected chi connectivity index (χ1v) is 2.82. The van der Waals surface area contributed by atoms with Gasteiger partial charge in [0.1, 0.15) is 0 Å². The molecule has 1 aromatic heterocycles. The molecule has 0 radical (unpaired) electrons. The number of ether oxygens (including phenoxy) is 2. The molecule has 0 saturated carbocycles. The molecular weight excluding hydrogens is 137 g/mol. The summed E-state index contributed by atoms with van der Waals surface area (Å²) in [5.41, 5.74) is 0. The molecule has 1 heterocycles. The smallest absolute Gasteiger partial charge is 0.576 e. The standard InChI is InChI=1S/C7H8NO2.Li/c1-9-6-3-4-8-5-7(6)10-2;/h4-5H,1-2H3;/q-1;+1. The molecule has 0 aliphatic heterocycles. The number of pyridine rings is 1. The first kappa shape index (κ1) is 10.3. The fraction of sp³-hybridized carbons (Fsp3) is 0.286. The van der Waals surface area contributed by atoms with Gasteiger partial charge >= 0.3 is 18.9 Å². The van der Waals surface area contributed by atoms with Crippen molar-refractivity contribution < 1.29 is 28.3 Å². The summed E-state index contributed by atoms with van der Waals surface area (Å²) in [5, 5.41) is 0. The van der Waals surface area contributed by atoms with Crippen LogP contribution >= 0.6 is 0 Å². The van der Waals surface area contributed by atoms with Gasteiger partial charge in [-0.15, -0.1) is 0 Å². The van der Waals surface area contributed by atoms with Gasteiger partial charge in [-0.1, -0.05) is 6.20 Å². The van der Waals surface area contributed by atoms with E-state index in [1.807, 2.05) is 0 Å². The molecule has 0 unspecified atom stereocenters. The Labute approximate surface area is 77.9 Å². The summed E-state index contributed by atoms with van der Waals surface area (Å²) in [6.45, 7) is 0. The molecule has 11 heavy (non-hydrogen) atoms. The normalized spacial score (nSPS) is 8.18. The second-order valence-electron chi connectivity index (χ2n) is 1.65. The van der Waals surface area contributed by atoms with Gasteiger partial charge in [0.2, 0.25) is 0 Å². The van der Waals surface area contributed by atoms with E-state index < -0.39 is 0 Å². The van der Waals surface area contributed by atoms with Gasteiger partial charge in [0, 0.05) is 5.75 Å².